The summed E-state index contributed by atoms with van der Waals surface area (Å²) in [7, 11) is 0. The molecule has 4 aromatic carbocycles. The highest BCUT2D eigenvalue weighted by Gasteiger charge is 2.40. The largest absolute Gasteiger partial charge is 0.478 e. The second-order valence-electron chi connectivity index (χ2n) is 8.30. The molecule has 5 heteroatoms. The van der Waals surface area contributed by atoms with Gasteiger partial charge in [0, 0.05) is 16.7 Å². The molecule has 5 rings (SSSR count). The Kier molecular flexibility index (Phi) is 5.90. The standard InChI is InChI=1S/C30H24N2O3/c1-30(28(33)34,24-18-10-4-11-19-24)35-29-31-26(22-14-6-2-7-15-22)27(23-16-8-3-9-17-23)32(29)25-20-12-5-13-21-25/h2-21H,1H3,(H,33,34). The van der Waals surface area contributed by atoms with Gasteiger partial charge in [0.05, 0.1) is 11.4 Å². The lowest BCUT2D eigenvalue weighted by molar-refractivity contribution is -0.155. The van der Waals surface area contributed by atoms with E-state index in [-0.39, 0.29) is 6.01 Å². The van der Waals surface area contributed by atoms with Crippen molar-refractivity contribution in [3.8, 4) is 34.2 Å². The molecule has 0 radical (unpaired) electrons. The maximum Gasteiger partial charge on any atom is 0.352 e. The summed E-state index contributed by atoms with van der Waals surface area (Å²) in [6, 6.07) is 38.6. The molecule has 0 amide bonds. The van der Waals surface area contributed by atoms with Crippen LogP contribution in [0.25, 0.3) is 28.2 Å². The third-order valence-corrected chi connectivity index (χ3v) is 5.98. The van der Waals surface area contributed by atoms with Crippen molar-refractivity contribution >= 4 is 5.97 Å². The van der Waals surface area contributed by atoms with Gasteiger partial charge in [-0.2, -0.15) is 4.98 Å². The van der Waals surface area contributed by atoms with E-state index in [4.69, 9.17) is 9.72 Å². The molecule has 1 aromatic heterocycles. The zero-order valence-corrected chi connectivity index (χ0v) is 19.2. The van der Waals surface area contributed by atoms with Gasteiger partial charge in [-0.05, 0) is 19.1 Å². The maximum absolute atomic E-state index is 12.5. The van der Waals surface area contributed by atoms with Crippen molar-refractivity contribution in [3.05, 3.63) is 127 Å². The van der Waals surface area contributed by atoms with Gasteiger partial charge in [-0.1, -0.05) is 109 Å². The van der Waals surface area contributed by atoms with Gasteiger partial charge >= 0.3 is 12.0 Å². The van der Waals surface area contributed by atoms with Crippen LogP contribution in [0.4, 0.5) is 0 Å². The van der Waals surface area contributed by atoms with Gasteiger partial charge in [0.15, 0.2) is 0 Å². The maximum atomic E-state index is 12.5. The number of ether oxygens (including phenoxy) is 1. The lowest BCUT2D eigenvalue weighted by Crippen LogP contribution is -2.39. The Labute approximate surface area is 203 Å². The molecule has 1 atom stereocenters. The minimum absolute atomic E-state index is 0.197. The molecule has 5 aromatic rings. The topological polar surface area (TPSA) is 64.4 Å². The number of aliphatic carboxylic acids is 1. The Morgan fingerprint density at radius 1 is 0.743 bits per heavy atom. The minimum Gasteiger partial charge on any atom is -0.478 e. The van der Waals surface area contributed by atoms with Gasteiger partial charge in [-0.15, -0.1) is 0 Å². The molecule has 35 heavy (non-hydrogen) atoms. The van der Waals surface area contributed by atoms with E-state index < -0.39 is 11.6 Å². The zero-order chi connectivity index (χ0) is 24.3. The number of aromatic nitrogens is 2. The van der Waals surface area contributed by atoms with E-state index in [2.05, 4.69) is 0 Å². The van der Waals surface area contributed by atoms with Crippen molar-refractivity contribution in [1.29, 1.82) is 0 Å². The van der Waals surface area contributed by atoms with Crippen LogP contribution in [0.1, 0.15) is 12.5 Å². The van der Waals surface area contributed by atoms with E-state index in [0.717, 1.165) is 22.5 Å². The van der Waals surface area contributed by atoms with Crippen molar-refractivity contribution in [2.24, 2.45) is 0 Å². The molecular weight excluding hydrogens is 436 g/mol. The summed E-state index contributed by atoms with van der Waals surface area (Å²) in [6.45, 7) is 1.55. The van der Waals surface area contributed by atoms with Crippen LogP contribution in [-0.2, 0) is 10.4 Å². The van der Waals surface area contributed by atoms with Gasteiger partial charge in [-0.3, -0.25) is 4.57 Å². The summed E-state index contributed by atoms with van der Waals surface area (Å²) in [5.41, 5.74) is 3.06. The first kappa shape index (κ1) is 22.2. The Hall–Kier alpha value is -4.64. The first-order chi connectivity index (χ1) is 17.1. The number of hydrogen-bond donors (Lipinski definition) is 1. The van der Waals surface area contributed by atoms with Crippen LogP contribution < -0.4 is 4.74 Å². The van der Waals surface area contributed by atoms with Crippen LogP contribution in [-0.4, -0.2) is 20.6 Å². The van der Waals surface area contributed by atoms with Crippen LogP contribution in [0.2, 0.25) is 0 Å². The van der Waals surface area contributed by atoms with Crippen molar-refractivity contribution in [3.63, 3.8) is 0 Å². The summed E-state index contributed by atoms with van der Waals surface area (Å²) >= 11 is 0. The molecule has 0 spiro atoms. The average Bonchev–Trinajstić information content (AvgIpc) is 3.29. The quantitative estimate of drug-likeness (QED) is 0.298. The second kappa shape index (κ2) is 9.31. The number of carbonyl (C=O) groups is 1. The Morgan fingerprint density at radius 2 is 1.23 bits per heavy atom. The predicted octanol–water partition coefficient (Wildman–Crippen LogP) is 6.59. The highest BCUT2D eigenvalue weighted by molar-refractivity contribution is 5.82. The Balaban J connectivity index is 1.80. The molecule has 1 N–H and O–H groups in total. The first-order valence-electron chi connectivity index (χ1n) is 11.3. The molecule has 0 aliphatic heterocycles. The lowest BCUT2D eigenvalue weighted by atomic mass is 9.96. The van der Waals surface area contributed by atoms with E-state index in [1.165, 1.54) is 0 Å². The molecule has 172 valence electrons. The molecule has 0 bridgehead atoms. The van der Waals surface area contributed by atoms with Crippen molar-refractivity contribution < 1.29 is 14.6 Å². The number of carboxylic acid groups (broad SMARTS) is 1. The van der Waals surface area contributed by atoms with E-state index in [1.54, 1.807) is 31.2 Å². The predicted molar refractivity (Wildman–Crippen MR) is 136 cm³/mol. The molecule has 0 aliphatic carbocycles. The van der Waals surface area contributed by atoms with Gasteiger partial charge in [0.2, 0.25) is 5.60 Å². The SMILES string of the molecule is CC(Oc1nc(-c2ccccc2)c(-c2ccccc2)n1-c1ccccc1)(C(=O)O)c1ccccc1. The van der Waals surface area contributed by atoms with Crippen molar-refractivity contribution in [2.75, 3.05) is 0 Å². The Bertz CT molecular complexity index is 1430. The third kappa shape index (κ3) is 4.20. The van der Waals surface area contributed by atoms with Crippen LogP contribution in [0.15, 0.2) is 121 Å². The fraction of sp³-hybridized carbons (Fsp3) is 0.0667. The molecule has 0 aliphatic rings. The molecule has 0 fully saturated rings. The highest BCUT2D eigenvalue weighted by atomic mass is 16.5. The monoisotopic (exact) mass is 460 g/mol. The van der Waals surface area contributed by atoms with E-state index in [9.17, 15) is 9.90 Å². The van der Waals surface area contributed by atoms with Crippen LogP contribution in [0.3, 0.4) is 0 Å². The number of rotatable bonds is 7. The van der Waals surface area contributed by atoms with Crippen LogP contribution in [0.5, 0.6) is 6.01 Å². The normalized spacial score (nSPS) is 12.6. The van der Waals surface area contributed by atoms with E-state index >= 15 is 0 Å². The van der Waals surface area contributed by atoms with Gasteiger partial charge in [-0.25, -0.2) is 4.79 Å². The number of nitrogens with zero attached hydrogens (tertiary/aromatic N) is 2. The average molecular weight is 461 g/mol. The minimum atomic E-state index is -1.65. The first-order valence-corrected chi connectivity index (χ1v) is 11.3. The molecular formula is C30H24N2O3. The summed E-state index contributed by atoms with van der Waals surface area (Å²) < 4.78 is 8.24. The summed E-state index contributed by atoms with van der Waals surface area (Å²) in [6.07, 6.45) is 0. The second-order valence-corrected chi connectivity index (χ2v) is 8.30. The van der Waals surface area contributed by atoms with Crippen LogP contribution in [0, 0.1) is 0 Å². The number of hydrogen-bond acceptors (Lipinski definition) is 3. The zero-order valence-electron chi connectivity index (χ0n) is 19.2. The molecule has 1 unspecified atom stereocenters. The number of para-hydroxylation sites is 1. The highest BCUT2D eigenvalue weighted by Crippen LogP contribution is 2.40. The summed E-state index contributed by atoms with van der Waals surface area (Å²) in [5, 5.41) is 10.3. The fourth-order valence-electron chi connectivity index (χ4n) is 4.11. The summed E-state index contributed by atoms with van der Waals surface area (Å²) in [5.74, 6) is -1.10. The number of imidazole rings is 1. The number of carboxylic acids is 1. The van der Waals surface area contributed by atoms with Gasteiger partial charge < -0.3 is 9.84 Å². The molecule has 1 heterocycles. The van der Waals surface area contributed by atoms with Crippen LogP contribution >= 0.6 is 0 Å². The van der Waals surface area contributed by atoms with Gasteiger partial charge in [0.25, 0.3) is 0 Å². The summed E-state index contributed by atoms with van der Waals surface area (Å²) in [4.78, 5) is 17.4. The molecule has 0 saturated heterocycles. The number of benzene rings is 4. The Morgan fingerprint density at radius 3 is 1.77 bits per heavy atom. The van der Waals surface area contributed by atoms with E-state index in [0.29, 0.717) is 11.3 Å². The molecule has 0 saturated carbocycles. The fourth-order valence-corrected chi connectivity index (χ4v) is 4.11. The van der Waals surface area contributed by atoms with Crippen molar-refractivity contribution in [1.82, 2.24) is 9.55 Å². The van der Waals surface area contributed by atoms with Crippen molar-refractivity contribution in [2.45, 2.75) is 12.5 Å². The smallest absolute Gasteiger partial charge is 0.352 e. The van der Waals surface area contributed by atoms with Gasteiger partial charge in [0.1, 0.15) is 5.69 Å². The molecule has 5 nitrogen and oxygen atoms in total. The third-order valence-electron chi connectivity index (χ3n) is 5.98. The van der Waals surface area contributed by atoms with E-state index in [1.807, 2.05) is 102 Å². The lowest BCUT2D eigenvalue weighted by Gasteiger charge is -2.26.